The smallest absolute Gasteiger partial charge is 0.435 e. The molecule has 0 saturated carbocycles. The van der Waals surface area contributed by atoms with E-state index in [2.05, 4.69) is 31.0 Å². The summed E-state index contributed by atoms with van der Waals surface area (Å²) in [6.45, 7) is 0.0792. The van der Waals surface area contributed by atoms with E-state index in [0.717, 1.165) is 10.7 Å². The van der Waals surface area contributed by atoms with Crippen molar-refractivity contribution in [3.8, 4) is 5.82 Å². The van der Waals surface area contributed by atoms with Gasteiger partial charge in [-0.15, -0.1) is 0 Å². The minimum Gasteiger partial charge on any atom is -0.471 e. The molecule has 0 unspecified atom stereocenters. The van der Waals surface area contributed by atoms with Gasteiger partial charge in [-0.3, -0.25) is 0 Å². The maximum Gasteiger partial charge on any atom is 0.435 e. The first-order valence-electron chi connectivity index (χ1n) is 7.72. The largest absolute Gasteiger partial charge is 0.471 e. The summed E-state index contributed by atoms with van der Waals surface area (Å²) in [5, 5.41) is 4.25. The van der Waals surface area contributed by atoms with Crippen LogP contribution in [-0.2, 0) is 17.5 Å². The van der Waals surface area contributed by atoms with Gasteiger partial charge in [0, 0.05) is 27.3 Å². The number of pyridine rings is 1. The Kier molecular flexibility index (Phi) is 4.84. The Balaban J connectivity index is 1.91. The second kappa shape index (κ2) is 7.06. The van der Waals surface area contributed by atoms with Crippen molar-refractivity contribution in [2.45, 2.75) is 12.8 Å². The van der Waals surface area contributed by atoms with Crippen LogP contribution in [0.5, 0.6) is 0 Å². The number of alkyl halides is 3. The van der Waals surface area contributed by atoms with Crippen LogP contribution in [0.3, 0.4) is 0 Å². The summed E-state index contributed by atoms with van der Waals surface area (Å²) in [4.78, 5) is 8.39. The Labute approximate surface area is 174 Å². The summed E-state index contributed by atoms with van der Waals surface area (Å²) in [6, 6.07) is 7.22. The number of fused-ring (bicyclic) bond motifs is 1. The van der Waals surface area contributed by atoms with Gasteiger partial charge in [0.2, 0.25) is 5.90 Å². The third kappa shape index (κ3) is 3.49. The lowest BCUT2D eigenvalue weighted by atomic mass is 10.1. The molecule has 4 rings (SSSR count). The first kappa shape index (κ1) is 19.2. The number of aromatic nitrogens is 3. The molecule has 1 aromatic carbocycles. The summed E-state index contributed by atoms with van der Waals surface area (Å²) in [5.74, 6) is -0.0119. The van der Waals surface area contributed by atoms with Crippen LogP contribution < -0.4 is 0 Å². The second-order valence-electron chi connectivity index (χ2n) is 5.73. The van der Waals surface area contributed by atoms with Gasteiger partial charge in [-0.25, -0.2) is 14.7 Å². The molecule has 5 nitrogen and oxygen atoms in total. The van der Waals surface area contributed by atoms with Crippen molar-refractivity contribution < 1.29 is 17.9 Å². The number of hydrogen-bond donors (Lipinski definition) is 0. The summed E-state index contributed by atoms with van der Waals surface area (Å²) in [6.07, 6.45) is -3.26. The van der Waals surface area contributed by atoms with Crippen molar-refractivity contribution in [3.05, 3.63) is 68.0 Å². The molecule has 0 amide bonds. The van der Waals surface area contributed by atoms with Gasteiger partial charge in [0.15, 0.2) is 11.5 Å². The van der Waals surface area contributed by atoms with Crippen LogP contribution in [0.15, 0.2) is 46.0 Å². The van der Waals surface area contributed by atoms with Crippen LogP contribution >= 0.6 is 39.1 Å². The molecule has 11 heteroatoms. The Morgan fingerprint density at radius 1 is 1.18 bits per heavy atom. The minimum atomic E-state index is -4.66. The van der Waals surface area contributed by atoms with E-state index >= 15 is 0 Å². The zero-order valence-electron chi connectivity index (χ0n) is 13.6. The lowest BCUT2D eigenvalue weighted by Crippen LogP contribution is -2.17. The summed E-state index contributed by atoms with van der Waals surface area (Å²) < 4.78 is 47.0. The fourth-order valence-electron chi connectivity index (χ4n) is 2.63. The van der Waals surface area contributed by atoms with Crippen LogP contribution in [0, 0.1) is 0 Å². The number of hydrogen-bond acceptors (Lipinski definition) is 4. The van der Waals surface area contributed by atoms with Crippen molar-refractivity contribution in [2.24, 2.45) is 4.99 Å². The standard InChI is InChI=1S/C17H8BrCl2F3N4O/c18-10-5-9(19)4-8-7-28-16(25-14(8)10)12-6-13(17(21,22)23)26-27(12)15-11(20)2-1-3-24-15/h1-6H,7H2. The van der Waals surface area contributed by atoms with Gasteiger partial charge < -0.3 is 4.74 Å². The number of aliphatic imine (C=N–C) groups is 1. The monoisotopic (exact) mass is 490 g/mol. The first-order chi connectivity index (χ1) is 13.2. The van der Waals surface area contributed by atoms with Crippen LogP contribution in [-0.4, -0.2) is 20.7 Å². The third-order valence-corrected chi connectivity index (χ3v) is 4.96. The molecule has 2 aromatic heterocycles. The predicted molar refractivity (Wildman–Crippen MR) is 102 cm³/mol. The van der Waals surface area contributed by atoms with Crippen molar-refractivity contribution in [2.75, 3.05) is 0 Å². The average molecular weight is 492 g/mol. The number of halogens is 6. The molecule has 3 heterocycles. The molecule has 144 valence electrons. The third-order valence-electron chi connectivity index (χ3n) is 3.84. The molecule has 0 radical (unpaired) electrons. The molecule has 0 bridgehead atoms. The first-order valence-corrected chi connectivity index (χ1v) is 9.27. The van der Waals surface area contributed by atoms with Crippen LogP contribution in [0.2, 0.25) is 10.0 Å². The van der Waals surface area contributed by atoms with Crippen molar-refractivity contribution >= 4 is 50.7 Å². The highest BCUT2D eigenvalue weighted by molar-refractivity contribution is 9.10. The molecule has 3 aromatic rings. The van der Waals surface area contributed by atoms with Crippen LogP contribution in [0.4, 0.5) is 18.9 Å². The topological polar surface area (TPSA) is 52.3 Å². The van der Waals surface area contributed by atoms with Crippen molar-refractivity contribution in [1.29, 1.82) is 0 Å². The Bertz CT molecular complexity index is 1110. The van der Waals surface area contributed by atoms with E-state index in [-0.39, 0.29) is 29.0 Å². The molecule has 28 heavy (non-hydrogen) atoms. The van der Waals surface area contributed by atoms with Crippen molar-refractivity contribution in [3.63, 3.8) is 0 Å². The maximum atomic E-state index is 13.3. The highest BCUT2D eigenvalue weighted by Gasteiger charge is 2.37. The zero-order chi connectivity index (χ0) is 20.1. The normalized spacial score (nSPS) is 13.7. The lowest BCUT2D eigenvalue weighted by molar-refractivity contribution is -0.141. The molecule has 1 aliphatic rings. The van der Waals surface area contributed by atoms with Crippen LogP contribution in [0.25, 0.3) is 5.82 Å². The van der Waals surface area contributed by atoms with Gasteiger partial charge in [0.05, 0.1) is 10.7 Å². The predicted octanol–water partition coefficient (Wildman–Crippen LogP) is 5.96. The average Bonchev–Trinajstić information content (AvgIpc) is 3.07. The van der Waals surface area contributed by atoms with Gasteiger partial charge >= 0.3 is 6.18 Å². The Morgan fingerprint density at radius 3 is 2.68 bits per heavy atom. The van der Waals surface area contributed by atoms with Crippen LogP contribution in [0.1, 0.15) is 17.0 Å². The second-order valence-corrected chi connectivity index (χ2v) is 7.43. The van der Waals surface area contributed by atoms with Gasteiger partial charge in [0.25, 0.3) is 0 Å². The van der Waals surface area contributed by atoms with E-state index in [1.54, 1.807) is 18.2 Å². The van der Waals surface area contributed by atoms with E-state index < -0.39 is 11.9 Å². The molecule has 0 spiro atoms. The van der Waals surface area contributed by atoms with E-state index in [4.69, 9.17) is 27.9 Å². The summed E-state index contributed by atoms with van der Waals surface area (Å²) >= 11 is 15.5. The quantitative estimate of drug-likeness (QED) is 0.444. The molecular weight excluding hydrogens is 484 g/mol. The van der Waals surface area contributed by atoms with E-state index in [1.807, 2.05) is 0 Å². The molecule has 0 saturated heterocycles. The SMILES string of the molecule is FC(F)(F)c1cc(C2=Nc3c(Br)cc(Cl)cc3CO2)n(-c2ncccc2Cl)n1. The van der Waals surface area contributed by atoms with Crippen molar-refractivity contribution in [1.82, 2.24) is 14.8 Å². The molecular formula is C17H8BrCl2F3N4O. The van der Waals surface area contributed by atoms with E-state index in [0.29, 0.717) is 20.7 Å². The minimum absolute atomic E-state index is 0.0274. The fraction of sp³-hybridized carbons (Fsp3) is 0.118. The van der Waals surface area contributed by atoms with E-state index in [1.165, 1.54) is 12.3 Å². The number of ether oxygens (including phenoxy) is 1. The van der Waals surface area contributed by atoms with E-state index in [9.17, 15) is 13.2 Å². The maximum absolute atomic E-state index is 13.3. The summed E-state index contributed by atoms with van der Waals surface area (Å²) in [5.41, 5.74) is 0.0668. The Hall–Kier alpha value is -2.10. The van der Waals surface area contributed by atoms with Gasteiger partial charge in [-0.05, 0) is 40.2 Å². The summed E-state index contributed by atoms with van der Waals surface area (Å²) in [7, 11) is 0. The molecule has 0 N–H and O–H groups in total. The Morgan fingerprint density at radius 2 is 1.96 bits per heavy atom. The number of nitrogens with zero attached hydrogens (tertiary/aromatic N) is 4. The van der Waals surface area contributed by atoms with Gasteiger partial charge in [0.1, 0.15) is 12.3 Å². The molecule has 0 atom stereocenters. The van der Waals surface area contributed by atoms with Gasteiger partial charge in [-0.1, -0.05) is 23.2 Å². The number of rotatable bonds is 2. The molecule has 0 aliphatic carbocycles. The molecule has 1 aliphatic heterocycles. The lowest BCUT2D eigenvalue weighted by Gasteiger charge is -2.18. The number of benzene rings is 1. The highest BCUT2D eigenvalue weighted by Crippen LogP contribution is 2.37. The zero-order valence-corrected chi connectivity index (χ0v) is 16.7. The van der Waals surface area contributed by atoms with Gasteiger partial charge in [-0.2, -0.15) is 18.3 Å². The molecule has 0 fully saturated rings. The fourth-order valence-corrected chi connectivity index (χ4v) is 3.80. The highest BCUT2D eigenvalue weighted by atomic mass is 79.9.